The van der Waals surface area contributed by atoms with Crippen molar-refractivity contribution in [1.29, 1.82) is 0 Å². The van der Waals surface area contributed by atoms with Gasteiger partial charge in [0, 0.05) is 16.6 Å². The number of nitrogens with one attached hydrogen (secondary N) is 2. The van der Waals surface area contributed by atoms with Crippen molar-refractivity contribution in [1.82, 2.24) is 15.2 Å². The summed E-state index contributed by atoms with van der Waals surface area (Å²) >= 11 is 5.94. The van der Waals surface area contributed by atoms with E-state index in [4.69, 9.17) is 16.7 Å². The van der Waals surface area contributed by atoms with Gasteiger partial charge in [-0.3, -0.25) is 19.2 Å². The first-order valence-electron chi connectivity index (χ1n) is 8.44. The standard InChI is InChI=1S/C18H19ClFN3O5/c1-2-13(17(27)22-14(8-16(25)26)21-15(24)9-20)23-6-5-10-3-4-11(19)7-12(10)18(23)28/h3-7,13-14H,2,8-9H2,1H3,(H,21,24)(H,22,27)(H,25,26)/t13-,14?/m0/s1. The molecule has 10 heteroatoms. The van der Waals surface area contributed by atoms with E-state index in [1.54, 1.807) is 25.1 Å². The minimum absolute atomic E-state index is 0.217. The zero-order valence-electron chi connectivity index (χ0n) is 14.9. The SMILES string of the molecule is CC[C@@H](C(=O)NC(CC(=O)O)NC(=O)CF)n1ccc2ccc(Cl)cc2c1=O. The number of pyridine rings is 1. The predicted octanol–water partition coefficient (Wildman–Crippen LogP) is 1.61. The maximum atomic E-state index is 12.8. The van der Waals surface area contributed by atoms with Gasteiger partial charge in [-0.1, -0.05) is 24.6 Å². The van der Waals surface area contributed by atoms with Crippen molar-refractivity contribution in [3.05, 3.63) is 45.8 Å². The third kappa shape index (κ3) is 5.07. The third-order valence-corrected chi connectivity index (χ3v) is 4.31. The Balaban J connectivity index is 2.32. The number of fused-ring (bicyclic) bond motifs is 1. The number of rotatable bonds is 8. The van der Waals surface area contributed by atoms with Gasteiger partial charge in [-0.15, -0.1) is 0 Å². The molecule has 0 radical (unpaired) electrons. The molecule has 0 aliphatic carbocycles. The lowest BCUT2D eigenvalue weighted by molar-refractivity contribution is -0.138. The van der Waals surface area contributed by atoms with Gasteiger partial charge in [0.2, 0.25) is 5.91 Å². The number of amides is 2. The van der Waals surface area contributed by atoms with Crippen molar-refractivity contribution in [3.63, 3.8) is 0 Å². The molecular weight excluding hydrogens is 393 g/mol. The normalized spacial score (nSPS) is 13.0. The Morgan fingerprint density at radius 3 is 2.57 bits per heavy atom. The van der Waals surface area contributed by atoms with E-state index in [0.717, 1.165) is 0 Å². The molecule has 28 heavy (non-hydrogen) atoms. The fourth-order valence-electron chi connectivity index (χ4n) is 2.79. The van der Waals surface area contributed by atoms with Gasteiger partial charge < -0.3 is 20.3 Å². The summed E-state index contributed by atoms with van der Waals surface area (Å²) in [5, 5.41) is 14.7. The van der Waals surface area contributed by atoms with Gasteiger partial charge in [0.15, 0.2) is 6.67 Å². The Kier molecular flexibility index (Phi) is 7.11. The number of hydrogen-bond acceptors (Lipinski definition) is 4. The number of carbonyl (C=O) groups is 3. The van der Waals surface area contributed by atoms with Crippen LogP contribution in [0.5, 0.6) is 0 Å². The summed E-state index contributed by atoms with van der Waals surface area (Å²) < 4.78 is 13.6. The van der Waals surface area contributed by atoms with Crippen LogP contribution in [-0.4, -0.2) is 40.3 Å². The van der Waals surface area contributed by atoms with Gasteiger partial charge in [-0.05, 0) is 30.0 Å². The van der Waals surface area contributed by atoms with E-state index < -0.39 is 48.6 Å². The van der Waals surface area contributed by atoms with E-state index in [1.165, 1.54) is 16.8 Å². The molecule has 0 aliphatic rings. The van der Waals surface area contributed by atoms with Crippen molar-refractivity contribution in [2.24, 2.45) is 0 Å². The lowest BCUT2D eigenvalue weighted by Gasteiger charge is -2.23. The van der Waals surface area contributed by atoms with Crippen molar-refractivity contribution < 1.29 is 23.9 Å². The van der Waals surface area contributed by atoms with Gasteiger partial charge >= 0.3 is 5.97 Å². The smallest absolute Gasteiger partial charge is 0.307 e. The molecule has 2 rings (SSSR count). The van der Waals surface area contributed by atoms with Gasteiger partial charge in [0.05, 0.1) is 6.42 Å². The molecule has 1 heterocycles. The number of hydrogen-bond donors (Lipinski definition) is 3. The fraction of sp³-hybridized carbons (Fsp3) is 0.333. The number of aliphatic carboxylic acids is 1. The molecule has 2 amide bonds. The number of halogens is 2. The number of aromatic nitrogens is 1. The number of nitrogens with zero attached hydrogens (tertiary/aromatic N) is 1. The van der Waals surface area contributed by atoms with Gasteiger partial charge in [0.25, 0.3) is 11.5 Å². The quantitative estimate of drug-likeness (QED) is 0.570. The Morgan fingerprint density at radius 2 is 1.96 bits per heavy atom. The molecule has 0 fully saturated rings. The highest BCUT2D eigenvalue weighted by atomic mass is 35.5. The van der Waals surface area contributed by atoms with E-state index in [0.29, 0.717) is 15.8 Å². The predicted molar refractivity (Wildman–Crippen MR) is 101 cm³/mol. The van der Waals surface area contributed by atoms with Crippen LogP contribution < -0.4 is 16.2 Å². The Bertz CT molecular complexity index is 962. The molecule has 1 aromatic heterocycles. The van der Waals surface area contributed by atoms with Crippen molar-refractivity contribution >= 4 is 40.2 Å². The number of alkyl halides is 1. The zero-order valence-corrected chi connectivity index (χ0v) is 15.7. The second kappa shape index (κ2) is 9.32. The van der Waals surface area contributed by atoms with Crippen LogP contribution >= 0.6 is 11.6 Å². The van der Waals surface area contributed by atoms with Crippen LogP contribution in [-0.2, 0) is 14.4 Å². The Morgan fingerprint density at radius 1 is 1.25 bits per heavy atom. The summed E-state index contributed by atoms with van der Waals surface area (Å²) in [7, 11) is 0. The minimum atomic E-state index is -1.35. The van der Waals surface area contributed by atoms with Crippen LogP contribution in [0.25, 0.3) is 10.8 Å². The first-order valence-corrected chi connectivity index (χ1v) is 8.82. The maximum Gasteiger partial charge on any atom is 0.307 e. The van der Waals surface area contributed by atoms with Crippen molar-refractivity contribution in [3.8, 4) is 0 Å². The summed E-state index contributed by atoms with van der Waals surface area (Å²) in [6.07, 6.45) is -0.281. The fourth-order valence-corrected chi connectivity index (χ4v) is 2.97. The molecule has 0 aliphatic heterocycles. The molecule has 0 saturated carbocycles. The van der Waals surface area contributed by atoms with Crippen LogP contribution in [0.1, 0.15) is 25.8 Å². The molecule has 1 aromatic carbocycles. The number of carboxylic acids is 1. The lowest BCUT2D eigenvalue weighted by Crippen LogP contribution is -2.51. The molecule has 3 N–H and O–H groups in total. The van der Waals surface area contributed by atoms with E-state index in [-0.39, 0.29) is 6.42 Å². The van der Waals surface area contributed by atoms with E-state index in [9.17, 15) is 23.6 Å². The Hall–Kier alpha value is -2.94. The average Bonchev–Trinajstić information content (AvgIpc) is 2.63. The van der Waals surface area contributed by atoms with E-state index in [2.05, 4.69) is 10.6 Å². The van der Waals surface area contributed by atoms with Crippen LogP contribution in [0.2, 0.25) is 5.02 Å². The highest BCUT2D eigenvalue weighted by Gasteiger charge is 2.25. The molecule has 0 saturated heterocycles. The number of carboxylic acid groups (broad SMARTS) is 1. The van der Waals surface area contributed by atoms with E-state index in [1.807, 2.05) is 0 Å². The van der Waals surface area contributed by atoms with Crippen LogP contribution in [0.15, 0.2) is 35.3 Å². The van der Waals surface area contributed by atoms with Crippen LogP contribution in [0.4, 0.5) is 4.39 Å². The maximum absolute atomic E-state index is 12.8. The number of benzene rings is 1. The lowest BCUT2D eigenvalue weighted by atomic mass is 10.1. The minimum Gasteiger partial charge on any atom is -0.481 e. The molecule has 150 valence electrons. The summed E-state index contributed by atoms with van der Waals surface area (Å²) in [5.74, 6) is -3.04. The molecular formula is C18H19ClFN3O5. The second-order valence-electron chi connectivity index (χ2n) is 6.04. The average molecular weight is 412 g/mol. The largest absolute Gasteiger partial charge is 0.481 e. The van der Waals surface area contributed by atoms with Gasteiger partial charge in [-0.2, -0.15) is 0 Å². The zero-order chi connectivity index (χ0) is 20.8. The van der Waals surface area contributed by atoms with Gasteiger partial charge in [-0.25, -0.2) is 4.39 Å². The summed E-state index contributed by atoms with van der Waals surface area (Å²) in [4.78, 5) is 47.6. The summed E-state index contributed by atoms with van der Waals surface area (Å²) in [6.45, 7) is 0.319. The molecule has 8 nitrogen and oxygen atoms in total. The third-order valence-electron chi connectivity index (χ3n) is 4.07. The van der Waals surface area contributed by atoms with E-state index >= 15 is 0 Å². The highest BCUT2D eigenvalue weighted by molar-refractivity contribution is 6.31. The number of carbonyl (C=O) groups excluding carboxylic acids is 2. The summed E-state index contributed by atoms with van der Waals surface area (Å²) in [6, 6.07) is 5.51. The van der Waals surface area contributed by atoms with Crippen LogP contribution in [0.3, 0.4) is 0 Å². The van der Waals surface area contributed by atoms with Crippen LogP contribution in [0, 0.1) is 0 Å². The monoisotopic (exact) mass is 411 g/mol. The highest BCUT2D eigenvalue weighted by Crippen LogP contribution is 2.18. The first kappa shape index (κ1) is 21.4. The van der Waals surface area contributed by atoms with Gasteiger partial charge in [0.1, 0.15) is 12.2 Å². The topological polar surface area (TPSA) is 118 Å². The Labute approximate surface area is 164 Å². The molecule has 0 spiro atoms. The van der Waals surface area contributed by atoms with Crippen molar-refractivity contribution in [2.45, 2.75) is 32.0 Å². The molecule has 2 atom stereocenters. The molecule has 2 aromatic rings. The van der Waals surface area contributed by atoms with Crippen molar-refractivity contribution in [2.75, 3.05) is 6.67 Å². The molecule has 0 bridgehead atoms. The second-order valence-corrected chi connectivity index (χ2v) is 6.48. The summed E-state index contributed by atoms with van der Waals surface area (Å²) in [5.41, 5.74) is -0.440. The molecule has 1 unspecified atom stereocenters. The first-order chi connectivity index (χ1) is 13.3.